The van der Waals surface area contributed by atoms with Gasteiger partial charge in [-0.3, -0.25) is 0 Å². The zero-order valence-electron chi connectivity index (χ0n) is 32.4. The summed E-state index contributed by atoms with van der Waals surface area (Å²) in [5.41, 5.74) is 12.4. The van der Waals surface area contributed by atoms with Crippen molar-refractivity contribution in [1.29, 1.82) is 0 Å². The van der Waals surface area contributed by atoms with Gasteiger partial charge in [0, 0.05) is 26.6 Å². The summed E-state index contributed by atoms with van der Waals surface area (Å²) in [6, 6.07) is 72.4. The van der Waals surface area contributed by atoms with Gasteiger partial charge >= 0.3 is 0 Å². The monoisotopic (exact) mass is 761 g/mol. The van der Waals surface area contributed by atoms with Crippen LogP contribution in [0.25, 0.3) is 75.1 Å². The molecule has 9 aromatic carbocycles. The van der Waals surface area contributed by atoms with E-state index >= 15 is 0 Å². The predicted molar refractivity (Wildman–Crippen MR) is 251 cm³/mol. The molecule has 0 radical (unpaired) electrons. The average Bonchev–Trinajstić information content (AvgIpc) is 3.69. The first-order valence-electron chi connectivity index (χ1n) is 20.8. The first-order valence-corrected chi connectivity index (χ1v) is 21.6. The van der Waals surface area contributed by atoms with E-state index in [2.05, 4.69) is 199 Å². The molecular weight excluding hydrogens is 719 g/mol. The Morgan fingerprint density at radius 2 is 1.03 bits per heavy atom. The molecule has 0 aliphatic heterocycles. The van der Waals surface area contributed by atoms with Crippen LogP contribution in [-0.4, -0.2) is 0 Å². The average molecular weight is 762 g/mol. The molecule has 0 saturated heterocycles. The lowest BCUT2D eigenvalue weighted by Crippen LogP contribution is -2.13. The summed E-state index contributed by atoms with van der Waals surface area (Å²) in [5.74, 6) is 0.580. The van der Waals surface area contributed by atoms with Crippen LogP contribution < -0.4 is 4.90 Å². The molecule has 1 saturated carbocycles. The van der Waals surface area contributed by atoms with Crippen molar-refractivity contribution < 1.29 is 0 Å². The second kappa shape index (κ2) is 14.8. The molecule has 58 heavy (non-hydrogen) atoms. The molecule has 1 heterocycles. The van der Waals surface area contributed by atoms with E-state index in [0.29, 0.717) is 5.92 Å². The van der Waals surface area contributed by atoms with Crippen molar-refractivity contribution in [3.8, 4) is 33.4 Å². The van der Waals surface area contributed by atoms with Gasteiger partial charge in [-0.2, -0.15) is 0 Å². The molecule has 11 rings (SSSR count). The lowest BCUT2D eigenvalue weighted by Gasteiger charge is -2.31. The van der Waals surface area contributed by atoms with Crippen LogP contribution in [-0.2, 0) is 0 Å². The maximum Gasteiger partial charge on any atom is 0.0640 e. The summed E-state index contributed by atoms with van der Waals surface area (Å²) in [7, 11) is 0. The van der Waals surface area contributed by atoms with Crippen molar-refractivity contribution in [2.45, 2.75) is 38.0 Å². The van der Waals surface area contributed by atoms with Crippen LogP contribution in [0.4, 0.5) is 17.1 Å². The molecule has 0 unspecified atom stereocenters. The van der Waals surface area contributed by atoms with Gasteiger partial charge in [-0.15, -0.1) is 11.3 Å². The van der Waals surface area contributed by atoms with Crippen molar-refractivity contribution in [1.82, 2.24) is 0 Å². The minimum absolute atomic E-state index is 0.580. The number of rotatable bonds is 7. The van der Waals surface area contributed by atoms with E-state index in [9.17, 15) is 0 Å². The molecule has 278 valence electrons. The number of benzene rings is 9. The van der Waals surface area contributed by atoms with E-state index in [0.717, 1.165) is 5.69 Å². The highest BCUT2D eigenvalue weighted by Crippen LogP contribution is 2.51. The normalized spacial score (nSPS) is 13.4. The number of thiophene rings is 1. The van der Waals surface area contributed by atoms with E-state index in [4.69, 9.17) is 0 Å². The number of fused-ring (bicyclic) bond motifs is 5. The molecule has 0 bridgehead atoms. The van der Waals surface area contributed by atoms with Crippen molar-refractivity contribution in [2.75, 3.05) is 4.90 Å². The molecular formula is C56H43NS. The molecule has 10 aromatic rings. The predicted octanol–water partition coefficient (Wildman–Crippen LogP) is 16.9. The number of anilines is 3. The molecule has 1 aromatic heterocycles. The fraction of sp³-hybridized carbons (Fsp3) is 0.107. The number of hydrogen-bond acceptors (Lipinski definition) is 2. The standard InChI is InChI=1S/C56H43NS/c1-3-17-39(18-4-1)45-36-35-42(44-28-13-22-38-21-7-8-25-43(38)44)37-53(45)57(52-33-16-31-50-48-27-10-12-34-54(48)58-56(50)52)51-32-11-9-26-47(51)49-30-15-24-41-23-14-29-46(55(41)49)40-19-5-2-6-20-40/h1,3-4,7-18,21-37,40H,2,5-6,19-20H2. The van der Waals surface area contributed by atoms with E-state index < -0.39 is 0 Å². The summed E-state index contributed by atoms with van der Waals surface area (Å²) in [6.07, 6.45) is 6.48. The van der Waals surface area contributed by atoms with Crippen molar-refractivity contribution in [3.05, 3.63) is 200 Å². The Morgan fingerprint density at radius 3 is 1.91 bits per heavy atom. The maximum atomic E-state index is 2.59. The molecule has 0 spiro atoms. The fourth-order valence-corrected chi connectivity index (χ4v) is 11.0. The van der Waals surface area contributed by atoms with Crippen LogP contribution in [0.1, 0.15) is 43.6 Å². The van der Waals surface area contributed by atoms with Gasteiger partial charge in [0.1, 0.15) is 0 Å². The smallest absolute Gasteiger partial charge is 0.0640 e. The summed E-state index contributed by atoms with van der Waals surface area (Å²) >= 11 is 1.89. The molecule has 1 aliphatic carbocycles. The van der Waals surface area contributed by atoms with Gasteiger partial charge in [0.05, 0.1) is 21.8 Å². The van der Waals surface area contributed by atoms with Crippen LogP contribution in [0.2, 0.25) is 0 Å². The van der Waals surface area contributed by atoms with Gasteiger partial charge in [-0.25, -0.2) is 0 Å². The van der Waals surface area contributed by atoms with Crippen molar-refractivity contribution in [2.24, 2.45) is 0 Å². The zero-order valence-corrected chi connectivity index (χ0v) is 33.3. The van der Waals surface area contributed by atoms with Gasteiger partial charge in [0.25, 0.3) is 0 Å². The largest absolute Gasteiger partial charge is 0.308 e. The second-order valence-electron chi connectivity index (χ2n) is 15.8. The van der Waals surface area contributed by atoms with Gasteiger partial charge < -0.3 is 4.90 Å². The van der Waals surface area contributed by atoms with Crippen LogP contribution in [0.5, 0.6) is 0 Å². The van der Waals surface area contributed by atoms with Gasteiger partial charge in [0.2, 0.25) is 0 Å². The number of nitrogens with zero attached hydrogens (tertiary/aromatic N) is 1. The van der Waals surface area contributed by atoms with Crippen molar-refractivity contribution in [3.63, 3.8) is 0 Å². The van der Waals surface area contributed by atoms with E-state index in [1.807, 2.05) is 11.3 Å². The van der Waals surface area contributed by atoms with Crippen LogP contribution >= 0.6 is 11.3 Å². The summed E-state index contributed by atoms with van der Waals surface area (Å²) < 4.78 is 2.59. The van der Waals surface area contributed by atoms with E-state index in [1.54, 1.807) is 0 Å². The Bertz CT molecular complexity index is 3100. The Kier molecular flexibility index (Phi) is 8.86. The molecule has 0 amide bonds. The zero-order chi connectivity index (χ0) is 38.4. The maximum absolute atomic E-state index is 2.59. The molecule has 0 atom stereocenters. The Morgan fingerprint density at radius 1 is 0.397 bits per heavy atom. The summed E-state index contributed by atoms with van der Waals surface area (Å²) in [6.45, 7) is 0. The Hall–Kier alpha value is -6.48. The Balaban J connectivity index is 1.24. The molecule has 0 N–H and O–H groups in total. The summed E-state index contributed by atoms with van der Waals surface area (Å²) in [4.78, 5) is 2.59. The quantitative estimate of drug-likeness (QED) is 0.156. The molecule has 1 aliphatic rings. The van der Waals surface area contributed by atoms with Gasteiger partial charge in [-0.05, 0) is 92.4 Å². The lowest BCUT2D eigenvalue weighted by atomic mass is 9.80. The number of para-hydroxylation sites is 1. The topological polar surface area (TPSA) is 3.24 Å². The SMILES string of the molecule is c1ccc(-c2ccc(-c3cccc4ccccc34)cc2N(c2ccccc2-c2cccc3cccc(C4CCCCC4)c23)c2cccc3c2sc2ccccc23)cc1. The molecule has 1 fully saturated rings. The minimum atomic E-state index is 0.580. The highest BCUT2D eigenvalue weighted by Gasteiger charge is 2.26. The van der Waals surface area contributed by atoms with Gasteiger partial charge in [0.15, 0.2) is 0 Å². The third-order valence-corrected chi connectivity index (χ3v) is 13.7. The first kappa shape index (κ1) is 34.7. The van der Waals surface area contributed by atoms with Crippen LogP contribution in [0.15, 0.2) is 194 Å². The third-order valence-electron chi connectivity index (χ3n) is 12.5. The lowest BCUT2D eigenvalue weighted by molar-refractivity contribution is 0.445. The van der Waals surface area contributed by atoms with Crippen molar-refractivity contribution >= 4 is 70.1 Å². The molecule has 1 nitrogen and oxygen atoms in total. The summed E-state index contributed by atoms with van der Waals surface area (Å²) in [5, 5.41) is 7.81. The highest BCUT2D eigenvalue weighted by atomic mass is 32.1. The van der Waals surface area contributed by atoms with E-state index in [-0.39, 0.29) is 0 Å². The number of hydrogen-bond donors (Lipinski definition) is 0. The minimum Gasteiger partial charge on any atom is -0.308 e. The highest BCUT2D eigenvalue weighted by molar-refractivity contribution is 7.26. The van der Waals surface area contributed by atoms with Crippen LogP contribution in [0, 0.1) is 0 Å². The van der Waals surface area contributed by atoms with Crippen LogP contribution in [0.3, 0.4) is 0 Å². The molecule has 2 heteroatoms. The van der Waals surface area contributed by atoms with Gasteiger partial charge in [-0.1, -0.05) is 189 Å². The fourth-order valence-electron chi connectivity index (χ4n) is 9.77. The Labute approximate surface area is 344 Å². The second-order valence-corrected chi connectivity index (χ2v) is 16.9. The first-order chi connectivity index (χ1) is 28.8. The third kappa shape index (κ3) is 5.99. The van der Waals surface area contributed by atoms with E-state index in [1.165, 1.54) is 124 Å².